The molecule has 0 amide bonds. The summed E-state index contributed by atoms with van der Waals surface area (Å²) in [5.41, 5.74) is 0. The summed E-state index contributed by atoms with van der Waals surface area (Å²) in [4.78, 5) is 0. The topological polar surface area (TPSA) is 0 Å². The Morgan fingerprint density at radius 1 is 0.857 bits per heavy atom. The van der Waals surface area contributed by atoms with Crippen LogP contribution in [0.15, 0.2) is 12.2 Å². The molecule has 0 aromatic heterocycles. The molecule has 0 saturated heterocycles. The predicted molar refractivity (Wildman–Crippen MR) is 57.5 cm³/mol. The molecule has 0 saturated carbocycles. The maximum Gasteiger partial charge on any atom is 0.266 e. The fourth-order valence-corrected chi connectivity index (χ4v) is 1.49. The van der Waals surface area contributed by atoms with Crippen LogP contribution in [0.4, 0.5) is 8.78 Å². The molecule has 0 heterocycles. The van der Waals surface area contributed by atoms with Gasteiger partial charge in [-0.25, -0.2) is 0 Å². The summed E-state index contributed by atoms with van der Waals surface area (Å²) in [5, 5.41) is 0. The summed E-state index contributed by atoms with van der Waals surface area (Å²) in [6.07, 6.45) is 9.74. The Balaban J connectivity index is 2.96. The standard InChI is InChI=1S/C12H22F2/c1-2-3-4-5-6-7-8-9-10-11-12(13)14/h11H,2-10H2,1H3. The summed E-state index contributed by atoms with van der Waals surface area (Å²) in [7, 11) is 0. The van der Waals surface area contributed by atoms with E-state index in [1.165, 1.54) is 38.5 Å². The number of hydrogen-bond acceptors (Lipinski definition) is 0. The fraction of sp³-hybridized carbons (Fsp3) is 0.833. The molecule has 84 valence electrons. The second-order valence-corrected chi connectivity index (χ2v) is 3.76. The molecular weight excluding hydrogens is 182 g/mol. The summed E-state index contributed by atoms with van der Waals surface area (Å²) < 4.78 is 23.2. The summed E-state index contributed by atoms with van der Waals surface area (Å²) in [5.74, 6) is 0. The molecule has 0 aromatic rings. The van der Waals surface area contributed by atoms with Crippen LogP contribution in [-0.2, 0) is 0 Å². The van der Waals surface area contributed by atoms with Crippen LogP contribution in [0, 0.1) is 0 Å². The quantitative estimate of drug-likeness (QED) is 0.447. The highest BCUT2D eigenvalue weighted by molar-refractivity contribution is 4.79. The van der Waals surface area contributed by atoms with Gasteiger partial charge in [-0.1, -0.05) is 51.9 Å². The molecule has 0 aliphatic heterocycles. The molecule has 14 heavy (non-hydrogen) atoms. The first-order valence-electron chi connectivity index (χ1n) is 5.78. The van der Waals surface area contributed by atoms with Crippen molar-refractivity contribution >= 4 is 0 Å². The van der Waals surface area contributed by atoms with Crippen LogP contribution in [-0.4, -0.2) is 0 Å². The lowest BCUT2D eigenvalue weighted by Crippen LogP contribution is -1.80. The molecular formula is C12H22F2. The Bertz CT molecular complexity index is 137. The van der Waals surface area contributed by atoms with Crippen molar-refractivity contribution in [2.45, 2.75) is 64.7 Å². The molecule has 0 aromatic carbocycles. The van der Waals surface area contributed by atoms with Gasteiger partial charge in [0.25, 0.3) is 6.08 Å². The van der Waals surface area contributed by atoms with Gasteiger partial charge in [0.2, 0.25) is 0 Å². The molecule has 0 unspecified atom stereocenters. The van der Waals surface area contributed by atoms with Crippen LogP contribution in [0.3, 0.4) is 0 Å². The Morgan fingerprint density at radius 2 is 1.36 bits per heavy atom. The average molecular weight is 204 g/mol. The lowest BCUT2D eigenvalue weighted by molar-refractivity contribution is 0.416. The Hall–Kier alpha value is -0.400. The van der Waals surface area contributed by atoms with Gasteiger partial charge >= 0.3 is 0 Å². The van der Waals surface area contributed by atoms with Crippen LogP contribution in [0.5, 0.6) is 0 Å². The van der Waals surface area contributed by atoms with Crippen molar-refractivity contribution in [3.05, 3.63) is 12.2 Å². The summed E-state index contributed by atoms with van der Waals surface area (Å²) in [6.45, 7) is 2.21. The first kappa shape index (κ1) is 13.6. The molecule has 0 bridgehead atoms. The Labute approximate surface area is 86.4 Å². The van der Waals surface area contributed by atoms with Gasteiger partial charge in [0.15, 0.2) is 0 Å². The van der Waals surface area contributed by atoms with E-state index in [9.17, 15) is 8.78 Å². The fourth-order valence-electron chi connectivity index (χ4n) is 1.49. The number of rotatable bonds is 9. The zero-order chi connectivity index (χ0) is 10.6. The van der Waals surface area contributed by atoms with E-state index in [0.29, 0.717) is 6.42 Å². The molecule has 0 nitrogen and oxygen atoms in total. The van der Waals surface area contributed by atoms with E-state index in [1.807, 2.05) is 0 Å². The van der Waals surface area contributed by atoms with Crippen LogP contribution < -0.4 is 0 Å². The van der Waals surface area contributed by atoms with Gasteiger partial charge in [0, 0.05) is 0 Å². The van der Waals surface area contributed by atoms with E-state index < -0.39 is 6.08 Å². The zero-order valence-electron chi connectivity index (χ0n) is 9.20. The Kier molecular flexibility index (Phi) is 10.4. The molecule has 2 heteroatoms. The maximum absolute atomic E-state index is 11.6. The van der Waals surface area contributed by atoms with Crippen LogP contribution in [0.25, 0.3) is 0 Å². The van der Waals surface area contributed by atoms with E-state index in [4.69, 9.17) is 0 Å². The van der Waals surface area contributed by atoms with E-state index in [-0.39, 0.29) is 0 Å². The molecule has 0 spiro atoms. The first-order chi connectivity index (χ1) is 6.77. The number of allylic oxidation sites excluding steroid dienone is 1. The summed E-state index contributed by atoms with van der Waals surface area (Å²) >= 11 is 0. The molecule has 0 N–H and O–H groups in total. The van der Waals surface area contributed by atoms with Crippen molar-refractivity contribution < 1.29 is 8.78 Å². The maximum atomic E-state index is 11.6. The number of hydrogen-bond donors (Lipinski definition) is 0. The smallest absolute Gasteiger partial charge is 0.174 e. The zero-order valence-corrected chi connectivity index (χ0v) is 9.20. The third-order valence-electron chi connectivity index (χ3n) is 2.36. The van der Waals surface area contributed by atoms with Gasteiger partial charge in [0.05, 0.1) is 0 Å². The largest absolute Gasteiger partial charge is 0.266 e. The van der Waals surface area contributed by atoms with E-state index in [0.717, 1.165) is 18.9 Å². The van der Waals surface area contributed by atoms with Gasteiger partial charge in [0.1, 0.15) is 0 Å². The SMILES string of the molecule is CCCCCCCCCCC=C(F)F. The summed E-state index contributed by atoms with van der Waals surface area (Å²) in [6, 6.07) is 0. The molecule has 0 aliphatic rings. The van der Waals surface area contributed by atoms with Crippen molar-refractivity contribution in [1.82, 2.24) is 0 Å². The third kappa shape index (κ3) is 11.6. The van der Waals surface area contributed by atoms with Crippen molar-refractivity contribution in [2.75, 3.05) is 0 Å². The lowest BCUT2D eigenvalue weighted by atomic mass is 10.1. The van der Waals surface area contributed by atoms with E-state index >= 15 is 0 Å². The minimum atomic E-state index is -1.53. The van der Waals surface area contributed by atoms with Crippen LogP contribution in [0.1, 0.15) is 64.7 Å². The monoisotopic (exact) mass is 204 g/mol. The molecule has 0 aliphatic carbocycles. The van der Waals surface area contributed by atoms with Crippen LogP contribution in [0.2, 0.25) is 0 Å². The third-order valence-corrected chi connectivity index (χ3v) is 2.36. The number of halogens is 2. The van der Waals surface area contributed by atoms with E-state index in [1.54, 1.807) is 0 Å². The molecule has 0 rings (SSSR count). The Morgan fingerprint density at radius 3 is 1.86 bits per heavy atom. The lowest BCUT2D eigenvalue weighted by Gasteiger charge is -1.99. The van der Waals surface area contributed by atoms with Crippen molar-refractivity contribution in [3.8, 4) is 0 Å². The van der Waals surface area contributed by atoms with Gasteiger partial charge < -0.3 is 0 Å². The normalized spacial score (nSPS) is 10.2. The average Bonchev–Trinajstić information content (AvgIpc) is 2.15. The van der Waals surface area contributed by atoms with Crippen molar-refractivity contribution in [3.63, 3.8) is 0 Å². The molecule has 0 atom stereocenters. The van der Waals surface area contributed by atoms with E-state index in [2.05, 4.69) is 6.92 Å². The minimum absolute atomic E-state index is 0.539. The second kappa shape index (κ2) is 10.7. The highest BCUT2D eigenvalue weighted by Gasteiger charge is 1.91. The molecule has 0 radical (unpaired) electrons. The molecule has 0 fully saturated rings. The predicted octanol–water partition coefficient (Wildman–Crippen LogP) is 5.30. The van der Waals surface area contributed by atoms with Crippen molar-refractivity contribution in [2.24, 2.45) is 0 Å². The van der Waals surface area contributed by atoms with Gasteiger partial charge in [-0.05, 0) is 18.9 Å². The van der Waals surface area contributed by atoms with Crippen molar-refractivity contribution in [1.29, 1.82) is 0 Å². The highest BCUT2D eigenvalue weighted by Crippen LogP contribution is 2.10. The highest BCUT2D eigenvalue weighted by atomic mass is 19.3. The first-order valence-corrected chi connectivity index (χ1v) is 5.78. The second-order valence-electron chi connectivity index (χ2n) is 3.76. The number of unbranched alkanes of at least 4 members (excludes halogenated alkanes) is 8. The minimum Gasteiger partial charge on any atom is -0.174 e. The van der Waals surface area contributed by atoms with Gasteiger partial charge in [-0.3, -0.25) is 0 Å². The van der Waals surface area contributed by atoms with Gasteiger partial charge in [-0.15, -0.1) is 0 Å². The van der Waals surface area contributed by atoms with Crippen LogP contribution >= 0.6 is 0 Å². The van der Waals surface area contributed by atoms with Gasteiger partial charge in [-0.2, -0.15) is 8.78 Å².